The van der Waals surface area contributed by atoms with Crippen LogP contribution < -0.4 is 5.73 Å². The lowest BCUT2D eigenvalue weighted by Crippen LogP contribution is -2.49. The number of nitrogens with two attached hydrogens (primary N) is 1. The standard InChI is InChI=1S/C12H17N3O5/c1-19-7-6-14-10(16)4-2-8(13)12(14)9-3-5-11(20-9)15(17)18/h3,5,8,12H,2,4,6-7,13H2,1H3. The number of hydrogen-bond acceptors (Lipinski definition) is 6. The Labute approximate surface area is 115 Å². The van der Waals surface area contributed by atoms with Gasteiger partial charge in [-0.05, 0) is 12.5 Å². The molecular formula is C12H17N3O5. The second-order valence-corrected chi connectivity index (χ2v) is 4.66. The molecule has 2 unspecified atom stereocenters. The summed E-state index contributed by atoms with van der Waals surface area (Å²) in [4.78, 5) is 23.6. The third-order valence-electron chi connectivity index (χ3n) is 3.37. The van der Waals surface area contributed by atoms with Gasteiger partial charge >= 0.3 is 5.88 Å². The van der Waals surface area contributed by atoms with E-state index in [9.17, 15) is 14.9 Å². The molecule has 1 aromatic rings. The van der Waals surface area contributed by atoms with E-state index >= 15 is 0 Å². The van der Waals surface area contributed by atoms with E-state index in [1.807, 2.05) is 0 Å². The average Bonchev–Trinajstić information content (AvgIpc) is 2.89. The van der Waals surface area contributed by atoms with Crippen molar-refractivity contribution in [2.24, 2.45) is 5.73 Å². The Hall–Kier alpha value is -1.93. The van der Waals surface area contributed by atoms with E-state index in [1.165, 1.54) is 12.1 Å². The highest BCUT2D eigenvalue weighted by molar-refractivity contribution is 5.77. The van der Waals surface area contributed by atoms with Crippen molar-refractivity contribution in [1.82, 2.24) is 4.90 Å². The number of rotatable bonds is 5. The van der Waals surface area contributed by atoms with Gasteiger partial charge in [-0.25, -0.2) is 0 Å². The Morgan fingerprint density at radius 1 is 1.60 bits per heavy atom. The van der Waals surface area contributed by atoms with Gasteiger partial charge < -0.3 is 19.8 Å². The molecule has 0 bridgehead atoms. The maximum Gasteiger partial charge on any atom is 0.433 e. The number of nitro groups is 1. The third-order valence-corrected chi connectivity index (χ3v) is 3.37. The highest BCUT2D eigenvalue weighted by Crippen LogP contribution is 2.33. The van der Waals surface area contributed by atoms with Crippen LogP contribution in [0.5, 0.6) is 0 Å². The van der Waals surface area contributed by atoms with E-state index in [0.717, 1.165) is 0 Å². The normalized spacial score (nSPS) is 23.1. The molecule has 1 aromatic heterocycles. The molecule has 110 valence electrons. The zero-order valence-corrected chi connectivity index (χ0v) is 11.2. The summed E-state index contributed by atoms with van der Waals surface area (Å²) in [6.45, 7) is 0.750. The Kier molecular flexibility index (Phi) is 4.35. The fraction of sp³-hybridized carbons (Fsp3) is 0.583. The van der Waals surface area contributed by atoms with Gasteiger partial charge in [-0.2, -0.15) is 0 Å². The molecular weight excluding hydrogens is 266 g/mol. The molecule has 2 rings (SSSR count). The fourth-order valence-corrected chi connectivity index (χ4v) is 2.40. The zero-order chi connectivity index (χ0) is 14.7. The highest BCUT2D eigenvalue weighted by Gasteiger charge is 2.37. The van der Waals surface area contributed by atoms with E-state index in [-0.39, 0.29) is 17.8 Å². The predicted molar refractivity (Wildman–Crippen MR) is 68.9 cm³/mol. The monoisotopic (exact) mass is 283 g/mol. The number of nitrogens with zero attached hydrogens (tertiary/aromatic N) is 2. The van der Waals surface area contributed by atoms with Crippen molar-refractivity contribution in [1.29, 1.82) is 0 Å². The van der Waals surface area contributed by atoms with E-state index < -0.39 is 11.0 Å². The van der Waals surface area contributed by atoms with Crippen LogP contribution in [0.3, 0.4) is 0 Å². The molecule has 8 nitrogen and oxygen atoms in total. The average molecular weight is 283 g/mol. The lowest BCUT2D eigenvalue weighted by Gasteiger charge is -2.38. The molecule has 0 saturated carbocycles. The van der Waals surface area contributed by atoms with Gasteiger partial charge in [-0.15, -0.1) is 0 Å². The Balaban J connectivity index is 2.26. The summed E-state index contributed by atoms with van der Waals surface area (Å²) in [6, 6.07) is 1.98. The molecule has 1 amide bonds. The van der Waals surface area contributed by atoms with E-state index in [0.29, 0.717) is 31.8 Å². The molecule has 8 heteroatoms. The van der Waals surface area contributed by atoms with Crippen LogP contribution in [-0.2, 0) is 9.53 Å². The molecule has 0 aromatic carbocycles. The Bertz CT molecular complexity index is 501. The van der Waals surface area contributed by atoms with Gasteiger partial charge in [0, 0.05) is 26.1 Å². The van der Waals surface area contributed by atoms with Crippen molar-refractivity contribution in [2.45, 2.75) is 24.9 Å². The van der Waals surface area contributed by atoms with Crippen molar-refractivity contribution >= 4 is 11.8 Å². The van der Waals surface area contributed by atoms with E-state index in [1.54, 1.807) is 12.0 Å². The molecule has 1 aliphatic heterocycles. The lowest BCUT2D eigenvalue weighted by atomic mass is 9.94. The molecule has 2 atom stereocenters. The van der Waals surface area contributed by atoms with E-state index in [2.05, 4.69) is 0 Å². The van der Waals surface area contributed by atoms with Crippen LogP contribution >= 0.6 is 0 Å². The first-order valence-electron chi connectivity index (χ1n) is 6.32. The van der Waals surface area contributed by atoms with Crippen molar-refractivity contribution in [3.63, 3.8) is 0 Å². The van der Waals surface area contributed by atoms with Gasteiger partial charge in [0.15, 0.2) is 0 Å². The summed E-state index contributed by atoms with van der Waals surface area (Å²) in [5.74, 6) is -0.0573. The van der Waals surface area contributed by atoms with Crippen LogP contribution in [0.2, 0.25) is 0 Å². The maximum atomic E-state index is 12.0. The summed E-state index contributed by atoms with van der Waals surface area (Å²) in [5.41, 5.74) is 6.06. The minimum atomic E-state index is -0.612. The quantitative estimate of drug-likeness (QED) is 0.632. The summed E-state index contributed by atoms with van der Waals surface area (Å²) in [5, 5.41) is 10.7. The molecule has 1 aliphatic rings. The number of methoxy groups -OCH3 is 1. The van der Waals surface area contributed by atoms with Gasteiger partial charge in [-0.3, -0.25) is 14.9 Å². The van der Waals surface area contributed by atoms with Gasteiger partial charge in [0.1, 0.15) is 16.7 Å². The number of amides is 1. The van der Waals surface area contributed by atoms with Crippen molar-refractivity contribution in [3.8, 4) is 0 Å². The van der Waals surface area contributed by atoms with Crippen LogP contribution in [0.15, 0.2) is 16.5 Å². The molecule has 20 heavy (non-hydrogen) atoms. The first-order valence-corrected chi connectivity index (χ1v) is 6.32. The minimum Gasteiger partial charge on any atom is -0.404 e. The summed E-state index contributed by atoms with van der Waals surface area (Å²) in [7, 11) is 1.54. The molecule has 2 N–H and O–H groups in total. The Morgan fingerprint density at radius 3 is 2.95 bits per heavy atom. The van der Waals surface area contributed by atoms with Crippen LogP contribution in [-0.4, -0.2) is 42.0 Å². The maximum absolute atomic E-state index is 12.0. The second-order valence-electron chi connectivity index (χ2n) is 4.66. The molecule has 2 heterocycles. The van der Waals surface area contributed by atoms with Crippen LogP contribution in [0.25, 0.3) is 0 Å². The molecule has 0 spiro atoms. The summed E-state index contributed by atoms with van der Waals surface area (Å²) < 4.78 is 10.2. The van der Waals surface area contributed by atoms with Crippen molar-refractivity contribution in [3.05, 3.63) is 28.0 Å². The number of hydrogen-bond donors (Lipinski definition) is 1. The smallest absolute Gasteiger partial charge is 0.404 e. The number of piperidine rings is 1. The fourth-order valence-electron chi connectivity index (χ4n) is 2.40. The topological polar surface area (TPSA) is 112 Å². The van der Waals surface area contributed by atoms with Crippen molar-refractivity contribution < 1.29 is 18.9 Å². The number of carbonyl (C=O) groups excluding carboxylic acids is 1. The van der Waals surface area contributed by atoms with Crippen LogP contribution in [0.1, 0.15) is 24.6 Å². The largest absolute Gasteiger partial charge is 0.433 e. The molecule has 1 saturated heterocycles. The predicted octanol–water partition coefficient (Wildman–Crippen LogP) is 0.825. The van der Waals surface area contributed by atoms with Gasteiger partial charge in [-0.1, -0.05) is 0 Å². The first kappa shape index (κ1) is 14.5. The van der Waals surface area contributed by atoms with Crippen LogP contribution in [0, 0.1) is 10.1 Å². The SMILES string of the molecule is COCCN1C(=O)CCC(N)C1c1ccc([N+](=O)[O-])o1. The van der Waals surface area contributed by atoms with E-state index in [4.69, 9.17) is 14.9 Å². The van der Waals surface area contributed by atoms with Gasteiger partial charge in [0.2, 0.25) is 5.91 Å². The molecule has 1 fully saturated rings. The lowest BCUT2D eigenvalue weighted by molar-refractivity contribution is -0.402. The third kappa shape index (κ3) is 2.81. The number of carbonyl (C=O) groups is 1. The number of likely N-dealkylation sites (tertiary alicyclic amines) is 1. The second kappa shape index (κ2) is 6.02. The Morgan fingerprint density at radius 2 is 2.35 bits per heavy atom. The summed E-state index contributed by atoms with van der Waals surface area (Å²) in [6.07, 6.45) is 0.895. The molecule has 0 radical (unpaired) electrons. The highest BCUT2D eigenvalue weighted by atomic mass is 16.6. The van der Waals surface area contributed by atoms with Crippen molar-refractivity contribution in [2.75, 3.05) is 20.3 Å². The summed E-state index contributed by atoms with van der Waals surface area (Å²) >= 11 is 0. The number of ether oxygens (including phenoxy) is 1. The minimum absolute atomic E-state index is 0.0483. The van der Waals surface area contributed by atoms with Gasteiger partial charge in [0.05, 0.1) is 12.7 Å². The zero-order valence-electron chi connectivity index (χ0n) is 11.2. The first-order chi connectivity index (χ1) is 9.54. The number of furan rings is 1. The van der Waals surface area contributed by atoms with Gasteiger partial charge in [0.25, 0.3) is 0 Å². The van der Waals surface area contributed by atoms with Crippen LogP contribution in [0.4, 0.5) is 5.88 Å². The molecule has 0 aliphatic carbocycles.